The van der Waals surface area contributed by atoms with E-state index in [0.717, 1.165) is 7.05 Å². The summed E-state index contributed by atoms with van der Waals surface area (Å²) in [7, 11) is 1.13. The monoisotopic (exact) mass is 279 g/mol. The minimum Gasteiger partial charge on any atom is -0.394 e. The lowest BCUT2D eigenvalue weighted by Gasteiger charge is -2.40. The number of nitrogens with one attached hydrogen (secondary N) is 1. The first-order chi connectivity index (χ1) is 8.92. The molecule has 1 rings (SSSR count). The van der Waals surface area contributed by atoms with E-state index in [4.69, 9.17) is 9.84 Å². The van der Waals surface area contributed by atoms with Gasteiger partial charge in [-0.2, -0.15) is 5.01 Å². The molecular weight excluding hydrogens is 262 g/mol. The van der Waals surface area contributed by atoms with Crippen molar-refractivity contribution >= 4 is 6.03 Å². The molecule has 2 amide bonds. The minimum absolute atomic E-state index is 0.240. The Kier molecular flexibility index (Phi) is 5.57. The molecule has 2 unspecified atom stereocenters. The Balaban J connectivity index is 2.58. The van der Waals surface area contributed by atoms with Crippen LogP contribution in [0.2, 0.25) is 0 Å². The van der Waals surface area contributed by atoms with Gasteiger partial charge in [-0.15, -0.1) is 4.91 Å². The number of aliphatic hydroxyl groups is 4. The van der Waals surface area contributed by atoms with E-state index in [0.29, 0.717) is 5.01 Å². The largest absolute Gasteiger partial charge is 0.394 e. The number of hydrogen-bond donors (Lipinski definition) is 5. The van der Waals surface area contributed by atoms with Gasteiger partial charge in [0.15, 0.2) is 6.29 Å². The highest BCUT2D eigenvalue weighted by Crippen LogP contribution is 2.24. The molecule has 0 bridgehead atoms. The molecule has 0 aromatic heterocycles. The van der Waals surface area contributed by atoms with Crippen molar-refractivity contribution in [3.63, 3.8) is 0 Å². The second-order valence-electron chi connectivity index (χ2n) is 4.18. The van der Waals surface area contributed by atoms with Gasteiger partial charge >= 0.3 is 6.03 Å². The predicted octanol–water partition coefficient (Wildman–Crippen LogP) is -2.64. The van der Waals surface area contributed by atoms with Crippen LogP contribution >= 0.6 is 0 Å². The number of hydrogen-bond acceptors (Lipinski definition) is 8. The molecule has 1 aliphatic rings. The molecular formula is C9H17N3O7. The molecule has 0 saturated carbocycles. The maximum atomic E-state index is 11.2. The maximum Gasteiger partial charge on any atom is 0.340 e. The number of ether oxygens (including phenoxy) is 1. The Morgan fingerprint density at radius 2 is 2.00 bits per heavy atom. The van der Waals surface area contributed by atoms with Crippen LogP contribution in [0.4, 0.5) is 4.79 Å². The molecule has 110 valence electrons. The number of aliphatic hydroxyl groups excluding tert-OH is 4. The minimum atomic E-state index is -1.47. The van der Waals surface area contributed by atoms with Crippen molar-refractivity contribution < 1.29 is 30.0 Å². The van der Waals surface area contributed by atoms with Crippen molar-refractivity contribution in [1.82, 2.24) is 10.3 Å². The molecule has 0 aliphatic carbocycles. The Hall–Kier alpha value is -1.33. The van der Waals surface area contributed by atoms with E-state index in [1.54, 1.807) is 0 Å². The van der Waals surface area contributed by atoms with Gasteiger partial charge in [0.2, 0.25) is 0 Å². The summed E-state index contributed by atoms with van der Waals surface area (Å²) in [5.41, 5.74) is 0. The molecule has 19 heavy (non-hydrogen) atoms. The van der Waals surface area contributed by atoms with Gasteiger partial charge in [-0.1, -0.05) is 0 Å². The van der Waals surface area contributed by atoms with E-state index >= 15 is 0 Å². The number of carbonyl (C=O) groups excluding carboxylic acids is 1. The quantitative estimate of drug-likeness (QED) is 0.278. The van der Waals surface area contributed by atoms with Crippen LogP contribution < -0.4 is 5.32 Å². The highest BCUT2D eigenvalue weighted by molar-refractivity contribution is 5.73. The summed E-state index contributed by atoms with van der Waals surface area (Å²) >= 11 is 0. The van der Waals surface area contributed by atoms with E-state index < -0.39 is 43.2 Å². The SMILES string of the molecule is CN(N=O)C(=O)NCC1[C@@H](O)OC(CO)[C@@H](O)[C@H]1O. The van der Waals surface area contributed by atoms with Gasteiger partial charge in [0.25, 0.3) is 0 Å². The summed E-state index contributed by atoms with van der Waals surface area (Å²) in [6.45, 7) is -0.803. The normalized spacial score (nSPS) is 34.7. The Morgan fingerprint density at radius 3 is 2.53 bits per heavy atom. The number of amides is 2. The topological polar surface area (TPSA) is 152 Å². The summed E-state index contributed by atoms with van der Waals surface area (Å²) in [6.07, 6.45) is -5.35. The fourth-order valence-corrected chi connectivity index (χ4v) is 1.73. The predicted molar refractivity (Wildman–Crippen MR) is 60.4 cm³/mol. The molecule has 0 aromatic rings. The lowest BCUT2D eigenvalue weighted by Crippen LogP contribution is -2.58. The van der Waals surface area contributed by atoms with Crippen molar-refractivity contribution in [3.05, 3.63) is 4.91 Å². The fraction of sp³-hybridized carbons (Fsp3) is 0.889. The van der Waals surface area contributed by atoms with Crippen LogP contribution in [-0.4, -0.2) is 76.3 Å². The summed E-state index contributed by atoms with van der Waals surface area (Å²) in [5.74, 6) is -0.998. The van der Waals surface area contributed by atoms with Crippen molar-refractivity contribution in [1.29, 1.82) is 0 Å². The number of rotatable bonds is 4. The summed E-state index contributed by atoms with van der Waals surface area (Å²) in [4.78, 5) is 21.3. The Morgan fingerprint density at radius 1 is 1.37 bits per heavy atom. The van der Waals surface area contributed by atoms with Gasteiger partial charge in [-0.05, 0) is 0 Å². The van der Waals surface area contributed by atoms with Crippen molar-refractivity contribution in [2.45, 2.75) is 24.6 Å². The molecule has 0 radical (unpaired) electrons. The molecule has 10 nitrogen and oxygen atoms in total. The number of nitroso groups, excluding NO2 is 1. The van der Waals surface area contributed by atoms with Crippen LogP contribution in [0.3, 0.4) is 0 Å². The lowest BCUT2D eigenvalue weighted by molar-refractivity contribution is -0.268. The number of carbonyl (C=O) groups is 1. The molecule has 0 aromatic carbocycles. The van der Waals surface area contributed by atoms with Crippen LogP contribution in [0, 0.1) is 10.8 Å². The number of nitrogens with zero attached hydrogens (tertiary/aromatic N) is 2. The molecule has 1 fully saturated rings. The molecule has 1 saturated heterocycles. The van der Waals surface area contributed by atoms with Gasteiger partial charge in [0.05, 0.1) is 23.9 Å². The van der Waals surface area contributed by atoms with Crippen LogP contribution in [0.15, 0.2) is 5.29 Å². The summed E-state index contributed by atoms with van der Waals surface area (Å²) in [6, 6.07) is -0.826. The van der Waals surface area contributed by atoms with Gasteiger partial charge < -0.3 is 30.5 Å². The van der Waals surface area contributed by atoms with E-state index in [9.17, 15) is 25.0 Å². The molecule has 10 heteroatoms. The standard InChI is InChI=1S/C9H17N3O7/c1-12(11-18)9(17)10-2-4-6(14)7(15)5(3-13)19-8(4)16/h4-8,13-16H,2-3H2,1H3,(H,10,17)/t4?,5?,6-,7+,8-/m0/s1. The van der Waals surface area contributed by atoms with Crippen LogP contribution in [0.1, 0.15) is 0 Å². The third-order valence-electron chi connectivity index (χ3n) is 2.94. The van der Waals surface area contributed by atoms with E-state index in [-0.39, 0.29) is 6.54 Å². The molecule has 0 spiro atoms. The second-order valence-corrected chi connectivity index (χ2v) is 4.18. The first kappa shape index (κ1) is 15.7. The average Bonchev–Trinajstić information content (AvgIpc) is 2.41. The lowest BCUT2D eigenvalue weighted by atomic mass is 9.91. The molecule has 1 heterocycles. The smallest absolute Gasteiger partial charge is 0.340 e. The van der Waals surface area contributed by atoms with Crippen LogP contribution in [0.5, 0.6) is 0 Å². The average molecular weight is 279 g/mol. The van der Waals surface area contributed by atoms with E-state index in [1.807, 2.05) is 0 Å². The maximum absolute atomic E-state index is 11.2. The third kappa shape index (κ3) is 3.58. The van der Waals surface area contributed by atoms with Crippen LogP contribution in [0.25, 0.3) is 0 Å². The first-order valence-corrected chi connectivity index (χ1v) is 5.57. The van der Waals surface area contributed by atoms with Gasteiger partial charge in [-0.3, -0.25) is 0 Å². The Labute approximate surface area is 108 Å². The highest BCUT2D eigenvalue weighted by atomic mass is 16.6. The van der Waals surface area contributed by atoms with E-state index in [2.05, 4.69) is 10.6 Å². The molecule has 5 N–H and O–H groups in total. The van der Waals surface area contributed by atoms with Crippen molar-refractivity contribution in [3.8, 4) is 0 Å². The third-order valence-corrected chi connectivity index (χ3v) is 2.94. The van der Waals surface area contributed by atoms with E-state index in [1.165, 1.54) is 0 Å². The van der Waals surface area contributed by atoms with Crippen LogP contribution in [-0.2, 0) is 4.74 Å². The van der Waals surface area contributed by atoms with Gasteiger partial charge in [-0.25, -0.2) is 4.79 Å². The van der Waals surface area contributed by atoms with Crippen molar-refractivity contribution in [2.24, 2.45) is 11.2 Å². The van der Waals surface area contributed by atoms with Crippen molar-refractivity contribution in [2.75, 3.05) is 20.2 Å². The molecule has 5 atom stereocenters. The fourth-order valence-electron chi connectivity index (χ4n) is 1.73. The molecule has 1 aliphatic heterocycles. The zero-order valence-corrected chi connectivity index (χ0v) is 10.2. The van der Waals surface area contributed by atoms with Gasteiger partial charge in [0, 0.05) is 13.6 Å². The number of urea groups is 1. The zero-order valence-electron chi connectivity index (χ0n) is 10.2. The first-order valence-electron chi connectivity index (χ1n) is 5.57. The highest BCUT2D eigenvalue weighted by Gasteiger charge is 2.43. The summed E-state index contributed by atoms with van der Waals surface area (Å²) in [5, 5.41) is 43.0. The zero-order chi connectivity index (χ0) is 14.6. The summed E-state index contributed by atoms with van der Waals surface area (Å²) < 4.78 is 4.90. The Bertz CT molecular complexity index is 329. The van der Waals surface area contributed by atoms with Gasteiger partial charge in [0.1, 0.15) is 12.2 Å². The second kappa shape index (κ2) is 6.73.